The van der Waals surface area contributed by atoms with Crippen molar-refractivity contribution < 1.29 is 4.57 Å². The number of rotatable bonds is 1. The van der Waals surface area contributed by atoms with Crippen LogP contribution in [0.1, 0.15) is 30.4 Å². The van der Waals surface area contributed by atoms with Gasteiger partial charge in [0.2, 0.25) is 5.69 Å². The number of nitrogens with zero attached hydrogens (tertiary/aromatic N) is 1. The number of aryl methyl sites for hydroxylation is 3. The monoisotopic (exact) mass is 308 g/mol. The van der Waals surface area contributed by atoms with Crippen LogP contribution in [0.2, 0.25) is 18.1 Å². The summed E-state index contributed by atoms with van der Waals surface area (Å²) in [7, 11) is 1.04. The van der Waals surface area contributed by atoms with Gasteiger partial charge in [0.05, 0.1) is 8.07 Å². The number of hydrogen-bond donors (Lipinski definition) is 0. The van der Waals surface area contributed by atoms with Crippen LogP contribution < -0.4 is 9.75 Å². The second-order valence-corrected chi connectivity index (χ2v) is 12.0. The average molecular weight is 309 g/mol. The molecule has 114 valence electrons. The van der Waals surface area contributed by atoms with E-state index in [0.29, 0.717) is 0 Å². The Morgan fingerprint density at radius 3 is 2.59 bits per heavy atom. The smallest absolute Gasteiger partial charge is 0.201 e. The molecule has 2 aromatic rings. The first-order chi connectivity index (χ1) is 10.7. The molecule has 3 heterocycles. The minimum atomic E-state index is -1.12. The van der Waals surface area contributed by atoms with Crippen LogP contribution in [0.15, 0.2) is 36.5 Å². The topological polar surface area (TPSA) is 3.88 Å². The van der Waals surface area contributed by atoms with Crippen molar-refractivity contribution in [1.29, 1.82) is 0 Å². The van der Waals surface area contributed by atoms with Crippen LogP contribution in [0.4, 0.5) is 0 Å². The highest BCUT2D eigenvalue weighted by Crippen LogP contribution is 2.38. The van der Waals surface area contributed by atoms with Gasteiger partial charge < -0.3 is 0 Å². The molecule has 0 saturated carbocycles. The Morgan fingerprint density at radius 1 is 1.00 bits per heavy atom. The quantitative estimate of drug-likeness (QED) is 0.556. The maximum Gasteiger partial charge on any atom is 0.212 e. The van der Waals surface area contributed by atoms with Gasteiger partial charge in [0.15, 0.2) is 6.20 Å². The number of hydrogen-bond acceptors (Lipinski definition) is 0. The van der Waals surface area contributed by atoms with Gasteiger partial charge in [-0.1, -0.05) is 42.6 Å². The van der Waals surface area contributed by atoms with Crippen LogP contribution in [0.5, 0.6) is 0 Å². The zero-order valence-electron chi connectivity index (χ0n) is 13.9. The number of benzene rings is 1. The van der Waals surface area contributed by atoms with Crippen molar-refractivity contribution >= 4 is 13.3 Å². The van der Waals surface area contributed by atoms with Crippen molar-refractivity contribution in [1.82, 2.24) is 0 Å². The first kappa shape index (κ1) is 14.2. The molecule has 0 bridgehead atoms. The number of fused-ring (bicyclic) bond motifs is 2. The van der Waals surface area contributed by atoms with Gasteiger partial charge >= 0.3 is 0 Å². The van der Waals surface area contributed by atoms with Crippen LogP contribution in [-0.4, -0.2) is 8.07 Å². The molecule has 0 unspecified atom stereocenters. The van der Waals surface area contributed by atoms with E-state index in [2.05, 4.69) is 55.1 Å². The minimum Gasteiger partial charge on any atom is -0.201 e. The Labute approximate surface area is 135 Å². The van der Waals surface area contributed by atoms with E-state index in [1.807, 2.05) is 5.19 Å². The van der Waals surface area contributed by atoms with Gasteiger partial charge in [0, 0.05) is 17.7 Å². The van der Waals surface area contributed by atoms with Gasteiger partial charge in [-0.25, -0.2) is 4.57 Å². The molecule has 2 aliphatic heterocycles. The normalized spacial score (nSPS) is 19.4. The molecule has 22 heavy (non-hydrogen) atoms. The van der Waals surface area contributed by atoms with Gasteiger partial charge in [-0.05, 0) is 42.6 Å². The maximum atomic E-state index is 2.59. The summed E-state index contributed by atoms with van der Waals surface area (Å²) in [5, 5.41) is 1.83. The summed E-state index contributed by atoms with van der Waals surface area (Å²) in [6.45, 7) is 2.31. The third-order valence-electron chi connectivity index (χ3n) is 6.04. The van der Waals surface area contributed by atoms with Gasteiger partial charge in [-0.2, -0.15) is 0 Å². The zero-order valence-corrected chi connectivity index (χ0v) is 14.9. The molecule has 2 aliphatic rings. The van der Waals surface area contributed by atoms with Crippen molar-refractivity contribution in [2.75, 3.05) is 0 Å². The molecule has 0 N–H and O–H groups in total. The van der Waals surface area contributed by atoms with E-state index in [1.54, 1.807) is 17.7 Å². The molecule has 0 aliphatic carbocycles. The van der Waals surface area contributed by atoms with E-state index in [-0.39, 0.29) is 0 Å². The molecule has 2 heteroatoms. The van der Waals surface area contributed by atoms with E-state index in [9.17, 15) is 0 Å². The Kier molecular flexibility index (Phi) is 3.45. The third-order valence-corrected chi connectivity index (χ3v) is 11.5. The van der Waals surface area contributed by atoms with E-state index in [4.69, 9.17) is 0 Å². The summed E-state index contributed by atoms with van der Waals surface area (Å²) in [6.07, 6.45) is 7.94. The van der Waals surface area contributed by atoms with Gasteiger partial charge in [-0.15, -0.1) is 0 Å². The van der Waals surface area contributed by atoms with Crippen molar-refractivity contribution in [3.8, 4) is 11.3 Å². The van der Waals surface area contributed by atoms with Gasteiger partial charge in [-0.3, -0.25) is 0 Å². The first-order valence-electron chi connectivity index (χ1n) is 8.79. The molecule has 0 amide bonds. The van der Waals surface area contributed by atoms with Crippen LogP contribution in [0, 0.1) is 6.92 Å². The highest BCUT2D eigenvalue weighted by Gasteiger charge is 2.42. The fourth-order valence-corrected chi connectivity index (χ4v) is 10.3. The highest BCUT2D eigenvalue weighted by atomic mass is 28.3. The molecular weight excluding hydrogens is 282 g/mol. The predicted molar refractivity (Wildman–Crippen MR) is 95.2 cm³/mol. The molecule has 1 fully saturated rings. The Bertz CT molecular complexity index is 714. The largest absolute Gasteiger partial charge is 0.212 e. The lowest BCUT2D eigenvalue weighted by atomic mass is 10.0. The Hall–Kier alpha value is -1.41. The third kappa shape index (κ3) is 2.16. The molecule has 1 spiro atoms. The van der Waals surface area contributed by atoms with Crippen LogP contribution in [0.25, 0.3) is 11.3 Å². The molecule has 0 radical (unpaired) electrons. The lowest BCUT2D eigenvalue weighted by Crippen LogP contribution is -2.46. The van der Waals surface area contributed by atoms with E-state index in [0.717, 1.165) is 0 Å². The summed E-state index contributed by atoms with van der Waals surface area (Å²) in [4.78, 5) is 0. The van der Waals surface area contributed by atoms with Crippen LogP contribution in [-0.2, 0) is 13.5 Å². The zero-order chi connectivity index (χ0) is 15.2. The SMILES string of the molecule is Cc1cc2c(cc1-c1cccc[n+]1C)CC[Si]21CCCCC1. The van der Waals surface area contributed by atoms with Gasteiger partial charge in [0.25, 0.3) is 0 Å². The molecule has 1 saturated heterocycles. The first-order valence-corrected chi connectivity index (χ1v) is 11.4. The van der Waals surface area contributed by atoms with Gasteiger partial charge in [0.1, 0.15) is 7.05 Å². The summed E-state index contributed by atoms with van der Waals surface area (Å²) < 4.78 is 2.25. The molecule has 1 nitrogen and oxygen atoms in total. The second kappa shape index (κ2) is 5.34. The van der Waals surface area contributed by atoms with Crippen LogP contribution in [0.3, 0.4) is 0 Å². The predicted octanol–water partition coefficient (Wildman–Crippen LogP) is 3.88. The van der Waals surface area contributed by atoms with E-state index >= 15 is 0 Å². The highest BCUT2D eigenvalue weighted by molar-refractivity contribution is 6.93. The summed E-state index contributed by atoms with van der Waals surface area (Å²) in [6, 6.07) is 16.2. The Balaban J connectivity index is 1.82. The fourth-order valence-electron chi connectivity index (χ4n) is 4.79. The minimum absolute atomic E-state index is 1.12. The fraction of sp³-hybridized carbons (Fsp3) is 0.450. The molecule has 1 aromatic carbocycles. The molecule has 4 rings (SSSR count). The van der Waals surface area contributed by atoms with Crippen molar-refractivity contribution in [2.24, 2.45) is 7.05 Å². The number of pyridine rings is 1. The lowest BCUT2D eigenvalue weighted by Gasteiger charge is -2.32. The van der Waals surface area contributed by atoms with Crippen LogP contribution >= 0.6 is 0 Å². The molecule has 1 aromatic heterocycles. The van der Waals surface area contributed by atoms with Crippen molar-refractivity contribution in [2.45, 2.75) is 50.7 Å². The molecule has 0 atom stereocenters. The van der Waals surface area contributed by atoms with Crippen molar-refractivity contribution in [3.63, 3.8) is 0 Å². The number of aromatic nitrogens is 1. The van der Waals surface area contributed by atoms with E-state index < -0.39 is 8.07 Å². The standard InChI is InChI=1S/C20H26NSi/c1-16-14-20-17(9-13-22(20)11-6-3-7-12-22)15-18(16)19-8-4-5-10-21(19)2/h4-5,8,10,14-15H,3,6-7,9,11-13H2,1-2H3/q+1. The van der Waals surface area contributed by atoms with Crippen molar-refractivity contribution in [3.05, 3.63) is 47.7 Å². The maximum absolute atomic E-state index is 2.59. The van der Waals surface area contributed by atoms with E-state index in [1.165, 1.54) is 48.5 Å². The average Bonchev–Trinajstić information content (AvgIpc) is 2.86. The molecular formula is C20H26NSi+. The summed E-state index contributed by atoms with van der Waals surface area (Å²) in [5.74, 6) is 0. The summed E-state index contributed by atoms with van der Waals surface area (Å²) >= 11 is 0. The Morgan fingerprint density at radius 2 is 1.82 bits per heavy atom. The lowest BCUT2D eigenvalue weighted by molar-refractivity contribution is -0.660. The second-order valence-electron chi connectivity index (χ2n) is 7.36. The summed E-state index contributed by atoms with van der Waals surface area (Å²) in [5.41, 5.74) is 5.93.